The van der Waals surface area contributed by atoms with Gasteiger partial charge in [0.2, 0.25) is 0 Å². The molecule has 0 radical (unpaired) electrons. The maximum Gasteiger partial charge on any atom is 0.274 e. The molecule has 2 aromatic rings. The maximum atomic E-state index is 12.6. The minimum atomic E-state index is -0.205. The lowest BCUT2D eigenvalue weighted by molar-refractivity contribution is 0.0700. The molecule has 118 valence electrons. The predicted molar refractivity (Wildman–Crippen MR) is 82.8 cm³/mol. The molecular weight excluding hydrogens is 282 g/mol. The van der Waals surface area contributed by atoms with E-state index in [-0.39, 0.29) is 19.1 Å². The Kier molecular flexibility index (Phi) is 5.16. The maximum absolute atomic E-state index is 12.6. The number of benzene rings is 1. The molecule has 0 spiro atoms. The molecule has 1 heterocycles. The third-order valence-corrected chi connectivity index (χ3v) is 3.54. The number of carbonyl (C=O) groups is 1. The van der Waals surface area contributed by atoms with E-state index in [0.29, 0.717) is 12.2 Å². The first-order valence-corrected chi connectivity index (χ1v) is 7.09. The van der Waals surface area contributed by atoms with Crippen LogP contribution in [0.3, 0.4) is 0 Å². The third-order valence-electron chi connectivity index (χ3n) is 3.54. The number of amides is 1. The highest BCUT2D eigenvalue weighted by Crippen LogP contribution is 2.20. The monoisotopic (exact) mass is 303 g/mol. The van der Waals surface area contributed by atoms with Crippen molar-refractivity contribution in [1.29, 1.82) is 0 Å². The van der Waals surface area contributed by atoms with E-state index in [0.717, 1.165) is 17.0 Å². The molecular formula is C16H21N3O3. The topological polar surface area (TPSA) is 67.6 Å². The molecule has 2 rings (SSSR count). The summed E-state index contributed by atoms with van der Waals surface area (Å²) in [4.78, 5) is 14.2. The minimum absolute atomic E-state index is 0.104. The standard InChI is InChI=1S/C16H21N3O3/c1-12-10-14(17-18(12)2)16(21)19(8-9-20)11-13-6-4-5-7-15(13)22-3/h4-7,10,20H,8-9,11H2,1-3H3. The molecule has 1 N–H and O–H groups in total. The lowest BCUT2D eigenvalue weighted by Gasteiger charge is -2.22. The second kappa shape index (κ2) is 7.09. The largest absolute Gasteiger partial charge is 0.496 e. The van der Waals surface area contributed by atoms with Crippen LogP contribution in [0.5, 0.6) is 5.75 Å². The van der Waals surface area contributed by atoms with Crippen molar-refractivity contribution in [2.24, 2.45) is 7.05 Å². The molecule has 1 aromatic heterocycles. The van der Waals surface area contributed by atoms with Crippen LogP contribution in [0, 0.1) is 6.92 Å². The minimum Gasteiger partial charge on any atom is -0.496 e. The summed E-state index contributed by atoms with van der Waals surface area (Å²) in [6.07, 6.45) is 0. The number of aromatic nitrogens is 2. The summed E-state index contributed by atoms with van der Waals surface area (Å²) in [7, 11) is 3.39. The molecule has 0 fully saturated rings. The van der Waals surface area contributed by atoms with Gasteiger partial charge in [0, 0.05) is 31.4 Å². The summed E-state index contributed by atoms with van der Waals surface area (Å²) in [6.45, 7) is 2.39. The van der Waals surface area contributed by atoms with Crippen molar-refractivity contribution >= 4 is 5.91 Å². The number of methoxy groups -OCH3 is 1. The lowest BCUT2D eigenvalue weighted by Crippen LogP contribution is -2.33. The zero-order chi connectivity index (χ0) is 16.1. The van der Waals surface area contributed by atoms with Gasteiger partial charge in [0.25, 0.3) is 5.91 Å². The van der Waals surface area contributed by atoms with E-state index in [1.807, 2.05) is 31.2 Å². The molecule has 0 bridgehead atoms. The molecule has 0 aliphatic rings. The number of nitrogens with zero attached hydrogens (tertiary/aromatic N) is 3. The number of rotatable bonds is 6. The van der Waals surface area contributed by atoms with Crippen molar-refractivity contribution in [2.45, 2.75) is 13.5 Å². The van der Waals surface area contributed by atoms with Gasteiger partial charge >= 0.3 is 0 Å². The van der Waals surface area contributed by atoms with Gasteiger partial charge < -0.3 is 14.7 Å². The highest BCUT2D eigenvalue weighted by atomic mass is 16.5. The van der Waals surface area contributed by atoms with E-state index in [1.54, 1.807) is 29.8 Å². The van der Waals surface area contributed by atoms with Gasteiger partial charge in [-0.2, -0.15) is 5.10 Å². The Morgan fingerprint density at radius 1 is 1.41 bits per heavy atom. The molecule has 6 nitrogen and oxygen atoms in total. The van der Waals surface area contributed by atoms with E-state index in [2.05, 4.69) is 5.10 Å². The number of carbonyl (C=O) groups excluding carboxylic acids is 1. The van der Waals surface area contributed by atoms with Crippen LogP contribution in [0.15, 0.2) is 30.3 Å². The Morgan fingerprint density at radius 3 is 2.73 bits per heavy atom. The number of hydrogen-bond acceptors (Lipinski definition) is 4. The van der Waals surface area contributed by atoms with Crippen LogP contribution >= 0.6 is 0 Å². The fraction of sp³-hybridized carbons (Fsp3) is 0.375. The van der Waals surface area contributed by atoms with Crippen molar-refractivity contribution in [1.82, 2.24) is 14.7 Å². The van der Waals surface area contributed by atoms with Crippen LogP contribution in [-0.2, 0) is 13.6 Å². The van der Waals surface area contributed by atoms with Crippen molar-refractivity contribution in [3.05, 3.63) is 47.3 Å². The smallest absolute Gasteiger partial charge is 0.274 e. The number of aryl methyl sites for hydroxylation is 2. The van der Waals surface area contributed by atoms with Crippen LogP contribution in [0.4, 0.5) is 0 Å². The number of para-hydroxylation sites is 1. The Hall–Kier alpha value is -2.34. The predicted octanol–water partition coefficient (Wildman–Crippen LogP) is 1.37. The first-order valence-electron chi connectivity index (χ1n) is 7.09. The second-order valence-electron chi connectivity index (χ2n) is 5.06. The summed E-state index contributed by atoms with van der Waals surface area (Å²) in [6, 6.07) is 9.27. The Morgan fingerprint density at radius 2 is 2.14 bits per heavy atom. The summed E-state index contributed by atoms with van der Waals surface area (Å²) >= 11 is 0. The van der Waals surface area contributed by atoms with Crippen LogP contribution in [-0.4, -0.2) is 46.0 Å². The quantitative estimate of drug-likeness (QED) is 0.875. The molecule has 0 saturated heterocycles. The van der Waals surface area contributed by atoms with Crippen LogP contribution in [0.2, 0.25) is 0 Å². The first kappa shape index (κ1) is 16.0. The van der Waals surface area contributed by atoms with Gasteiger partial charge in [-0.25, -0.2) is 0 Å². The summed E-state index contributed by atoms with van der Waals surface area (Å²) in [5.41, 5.74) is 2.17. The number of aliphatic hydroxyl groups is 1. The van der Waals surface area contributed by atoms with Gasteiger partial charge in [0.1, 0.15) is 5.75 Å². The molecule has 6 heteroatoms. The number of aliphatic hydroxyl groups excluding tert-OH is 1. The van der Waals surface area contributed by atoms with Crippen molar-refractivity contribution in [3.8, 4) is 5.75 Å². The highest BCUT2D eigenvalue weighted by molar-refractivity contribution is 5.92. The van der Waals surface area contributed by atoms with Gasteiger partial charge in [0.05, 0.1) is 13.7 Å². The van der Waals surface area contributed by atoms with E-state index in [4.69, 9.17) is 4.74 Å². The average Bonchev–Trinajstić information content (AvgIpc) is 2.86. The van der Waals surface area contributed by atoms with Crippen LogP contribution in [0.25, 0.3) is 0 Å². The molecule has 0 unspecified atom stereocenters. The first-order chi connectivity index (χ1) is 10.6. The van der Waals surface area contributed by atoms with E-state index in [9.17, 15) is 9.90 Å². The number of ether oxygens (including phenoxy) is 1. The van der Waals surface area contributed by atoms with Crippen LogP contribution in [0.1, 0.15) is 21.7 Å². The van der Waals surface area contributed by atoms with Gasteiger partial charge in [0.15, 0.2) is 5.69 Å². The molecule has 0 atom stereocenters. The van der Waals surface area contributed by atoms with Crippen molar-refractivity contribution in [2.75, 3.05) is 20.3 Å². The van der Waals surface area contributed by atoms with E-state index in [1.165, 1.54) is 0 Å². The van der Waals surface area contributed by atoms with Gasteiger partial charge in [-0.05, 0) is 19.1 Å². The fourth-order valence-corrected chi connectivity index (χ4v) is 2.24. The van der Waals surface area contributed by atoms with E-state index >= 15 is 0 Å². The van der Waals surface area contributed by atoms with Crippen molar-refractivity contribution in [3.63, 3.8) is 0 Å². The Bertz CT molecular complexity index is 632. The summed E-state index contributed by atoms with van der Waals surface area (Å²) < 4.78 is 6.97. The molecule has 0 aliphatic heterocycles. The van der Waals surface area contributed by atoms with Crippen molar-refractivity contribution < 1.29 is 14.6 Å². The molecule has 22 heavy (non-hydrogen) atoms. The second-order valence-corrected chi connectivity index (χ2v) is 5.06. The van der Waals surface area contributed by atoms with Gasteiger partial charge in [-0.15, -0.1) is 0 Å². The lowest BCUT2D eigenvalue weighted by atomic mass is 10.1. The Balaban J connectivity index is 2.24. The molecule has 0 saturated carbocycles. The van der Waals surface area contributed by atoms with Gasteiger partial charge in [-0.1, -0.05) is 18.2 Å². The summed E-state index contributed by atoms with van der Waals surface area (Å²) in [5, 5.41) is 13.5. The molecule has 1 aromatic carbocycles. The molecule has 0 aliphatic carbocycles. The number of hydrogen-bond donors (Lipinski definition) is 1. The third kappa shape index (κ3) is 3.46. The molecule has 1 amide bonds. The zero-order valence-corrected chi connectivity index (χ0v) is 13.1. The zero-order valence-electron chi connectivity index (χ0n) is 13.1. The Labute approximate surface area is 129 Å². The van der Waals surface area contributed by atoms with Crippen LogP contribution < -0.4 is 4.74 Å². The average molecular weight is 303 g/mol. The fourth-order valence-electron chi connectivity index (χ4n) is 2.24. The normalized spacial score (nSPS) is 10.5. The summed E-state index contributed by atoms with van der Waals surface area (Å²) in [5.74, 6) is 0.513. The van der Waals surface area contributed by atoms with Gasteiger partial charge in [-0.3, -0.25) is 9.48 Å². The highest BCUT2D eigenvalue weighted by Gasteiger charge is 2.20. The van der Waals surface area contributed by atoms with E-state index < -0.39 is 0 Å². The SMILES string of the molecule is COc1ccccc1CN(CCO)C(=O)c1cc(C)n(C)n1.